The number of carboxylic acid groups (broad SMARTS) is 1. The molecule has 0 saturated carbocycles. The molecule has 4 heterocycles. The predicted octanol–water partition coefficient (Wildman–Crippen LogP) is 2.44. The Balaban J connectivity index is 0.000000339. The second kappa shape index (κ2) is 10.2. The number of carbonyl (C=O) groups excluding carboxylic acids is 1. The van der Waals surface area contributed by atoms with E-state index in [1.54, 1.807) is 23.9 Å². The van der Waals surface area contributed by atoms with Gasteiger partial charge in [-0.15, -0.1) is 11.3 Å². The standard InChI is InChI=1S/C17H21N3O3S.C2HF3O2/c21-17(20-6-9-22-10-7-20)16-18-14-1-4-19(5-2-15(14)24-16)11-13-3-8-23-12-13;3-2(4,5)1(6)7/h3,8,12H,1-2,4-7,9-11H2;(H,6,7). The molecular weight excluding hydrogens is 439 g/mol. The zero-order valence-electron chi connectivity index (χ0n) is 16.6. The number of rotatable bonds is 3. The molecule has 2 aromatic rings. The van der Waals surface area contributed by atoms with Gasteiger partial charge in [0, 0.05) is 49.6 Å². The highest BCUT2D eigenvalue weighted by atomic mass is 32.1. The summed E-state index contributed by atoms with van der Waals surface area (Å²) in [5, 5.41) is 7.77. The van der Waals surface area contributed by atoms with Gasteiger partial charge >= 0.3 is 12.1 Å². The van der Waals surface area contributed by atoms with E-state index in [1.807, 2.05) is 11.0 Å². The smallest absolute Gasteiger partial charge is 0.475 e. The number of carbonyl (C=O) groups is 2. The molecule has 0 bridgehead atoms. The van der Waals surface area contributed by atoms with Crippen molar-refractivity contribution in [1.29, 1.82) is 0 Å². The number of fused-ring (bicyclic) bond motifs is 1. The van der Waals surface area contributed by atoms with Crippen LogP contribution >= 0.6 is 11.3 Å². The molecule has 1 amide bonds. The number of morpholine rings is 1. The number of aromatic nitrogens is 1. The molecular formula is C19H22F3N3O5S. The van der Waals surface area contributed by atoms with Crippen LogP contribution in [0.2, 0.25) is 0 Å². The molecule has 4 rings (SSSR count). The van der Waals surface area contributed by atoms with Crippen LogP contribution in [0.1, 0.15) is 25.9 Å². The molecule has 31 heavy (non-hydrogen) atoms. The van der Waals surface area contributed by atoms with E-state index in [4.69, 9.17) is 19.1 Å². The zero-order chi connectivity index (χ0) is 22.4. The summed E-state index contributed by atoms with van der Waals surface area (Å²) < 4.78 is 42.2. The quantitative estimate of drug-likeness (QED) is 0.750. The topological polar surface area (TPSA) is 96.1 Å². The Morgan fingerprint density at radius 3 is 2.45 bits per heavy atom. The van der Waals surface area contributed by atoms with Crippen molar-refractivity contribution in [3.05, 3.63) is 39.7 Å². The van der Waals surface area contributed by atoms with E-state index in [-0.39, 0.29) is 5.91 Å². The van der Waals surface area contributed by atoms with Crippen LogP contribution in [0.25, 0.3) is 0 Å². The molecule has 0 aliphatic carbocycles. The van der Waals surface area contributed by atoms with Gasteiger partial charge < -0.3 is 19.2 Å². The van der Waals surface area contributed by atoms with Gasteiger partial charge in [-0.1, -0.05) is 0 Å². The Kier molecular flexibility index (Phi) is 7.68. The highest BCUT2D eigenvalue weighted by Gasteiger charge is 2.38. The molecule has 2 aliphatic rings. The zero-order valence-corrected chi connectivity index (χ0v) is 17.4. The van der Waals surface area contributed by atoms with Gasteiger partial charge in [-0.2, -0.15) is 13.2 Å². The minimum absolute atomic E-state index is 0.0617. The number of aliphatic carboxylic acids is 1. The molecule has 2 aliphatic heterocycles. The number of amides is 1. The van der Waals surface area contributed by atoms with Crippen LogP contribution in [0.4, 0.5) is 13.2 Å². The summed E-state index contributed by atoms with van der Waals surface area (Å²) in [5.41, 5.74) is 2.31. The molecule has 0 spiro atoms. The van der Waals surface area contributed by atoms with Crippen LogP contribution in [0.15, 0.2) is 23.0 Å². The van der Waals surface area contributed by atoms with Gasteiger partial charge in [-0.25, -0.2) is 9.78 Å². The van der Waals surface area contributed by atoms with E-state index in [0.29, 0.717) is 31.3 Å². The SMILES string of the molecule is O=C(O)C(F)(F)F.O=C(c1nc2c(s1)CCN(Cc1ccoc1)CC2)N1CCOCC1. The van der Waals surface area contributed by atoms with Crippen molar-refractivity contribution >= 4 is 23.2 Å². The first kappa shape index (κ1) is 23.2. The van der Waals surface area contributed by atoms with E-state index in [1.165, 1.54) is 10.4 Å². The molecule has 1 saturated heterocycles. The lowest BCUT2D eigenvalue weighted by molar-refractivity contribution is -0.192. The normalized spacial score (nSPS) is 17.3. The van der Waals surface area contributed by atoms with Gasteiger partial charge in [-0.3, -0.25) is 9.69 Å². The monoisotopic (exact) mass is 461 g/mol. The summed E-state index contributed by atoms with van der Waals surface area (Å²) in [6.45, 7) is 5.45. The first-order valence-corrected chi connectivity index (χ1v) is 10.4. The molecule has 12 heteroatoms. The number of alkyl halides is 3. The van der Waals surface area contributed by atoms with E-state index in [2.05, 4.69) is 9.88 Å². The number of nitrogens with zero attached hydrogens (tertiary/aromatic N) is 3. The number of thiazole rings is 1. The van der Waals surface area contributed by atoms with Crippen molar-refractivity contribution in [1.82, 2.24) is 14.8 Å². The molecule has 0 aromatic carbocycles. The maximum Gasteiger partial charge on any atom is 0.490 e. The van der Waals surface area contributed by atoms with Crippen LogP contribution < -0.4 is 0 Å². The Hall–Kier alpha value is -2.44. The molecule has 1 N–H and O–H groups in total. The van der Waals surface area contributed by atoms with Crippen molar-refractivity contribution in [2.24, 2.45) is 0 Å². The maximum absolute atomic E-state index is 12.6. The van der Waals surface area contributed by atoms with E-state index >= 15 is 0 Å². The second-order valence-corrected chi connectivity index (χ2v) is 8.09. The molecule has 0 atom stereocenters. The first-order chi connectivity index (χ1) is 14.7. The predicted molar refractivity (Wildman–Crippen MR) is 104 cm³/mol. The average Bonchev–Trinajstić information content (AvgIpc) is 3.36. The molecule has 0 radical (unpaired) electrons. The van der Waals surface area contributed by atoms with Crippen molar-refractivity contribution < 1.29 is 37.0 Å². The molecule has 2 aromatic heterocycles. The number of carboxylic acids is 1. The minimum atomic E-state index is -5.08. The van der Waals surface area contributed by atoms with Gasteiger partial charge in [0.05, 0.1) is 31.4 Å². The summed E-state index contributed by atoms with van der Waals surface area (Å²) in [5.74, 6) is -2.70. The Morgan fingerprint density at radius 1 is 1.16 bits per heavy atom. The third-order valence-corrected chi connectivity index (χ3v) is 5.95. The molecule has 170 valence electrons. The average molecular weight is 461 g/mol. The third-order valence-electron chi connectivity index (χ3n) is 4.81. The highest BCUT2D eigenvalue weighted by molar-refractivity contribution is 7.13. The fourth-order valence-electron chi connectivity index (χ4n) is 3.20. The number of furan rings is 1. The van der Waals surface area contributed by atoms with Gasteiger partial charge in [-0.05, 0) is 12.5 Å². The van der Waals surface area contributed by atoms with Crippen molar-refractivity contribution in [2.75, 3.05) is 39.4 Å². The van der Waals surface area contributed by atoms with E-state index < -0.39 is 12.1 Å². The lowest BCUT2D eigenvalue weighted by atomic mass is 10.2. The fourth-order valence-corrected chi connectivity index (χ4v) is 4.27. The highest BCUT2D eigenvalue weighted by Crippen LogP contribution is 2.25. The largest absolute Gasteiger partial charge is 0.490 e. The summed E-state index contributed by atoms with van der Waals surface area (Å²) in [6.07, 6.45) is 0.300. The van der Waals surface area contributed by atoms with Crippen LogP contribution in [0, 0.1) is 0 Å². The third kappa shape index (κ3) is 6.52. The van der Waals surface area contributed by atoms with Crippen LogP contribution in [-0.4, -0.2) is 77.3 Å². The second-order valence-electron chi connectivity index (χ2n) is 7.00. The van der Waals surface area contributed by atoms with Crippen molar-refractivity contribution in [2.45, 2.75) is 25.6 Å². The number of hydrogen-bond acceptors (Lipinski definition) is 7. The first-order valence-electron chi connectivity index (χ1n) is 9.63. The molecule has 8 nitrogen and oxygen atoms in total. The summed E-state index contributed by atoms with van der Waals surface area (Å²) >= 11 is 1.57. The lowest BCUT2D eigenvalue weighted by Gasteiger charge is -2.25. The number of halogens is 3. The Labute approximate surface area is 180 Å². The minimum Gasteiger partial charge on any atom is -0.475 e. The van der Waals surface area contributed by atoms with E-state index in [9.17, 15) is 18.0 Å². The van der Waals surface area contributed by atoms with Crippen molar-refractivity contribution in [3.8, 4) is 0 Å². The van der Waals surface area contributed by atoms with Crippen LogP contribution in [0.3, 0.4) is 0 Å². The Morgan fingerprint density at radius 2 is 1.84 bits per heavy atom. The lowest BCUT2D eigenvalue weighted by Crippen LogP contribution is -2.40. The van der Waals surface area contributed by atoms with Gasteiger partial charge in [0.2, 0.25) is 0 Å². The summed E-state index contributed by atoms with van der Waals surface area (Å²) in [6, 6.07) is 2.01. The molecule has 1 fully saturated rings. The van der Waals surface area contributed by atoms with Gasteiger partial charge in [0.15, 0.2) is 5.01 Å². The van der Waals surface area contributed by atoms with Crippen LogP contribution in [-0.2, 0) is 28.9 Å². The molecule has 0 unspecified atom stereocenters. The maximum atomic E-state index is 12.6. The van der Waals surface area contributed by atoms with Crippen LogP contribution in [0.5, 0.6) is 0 Å². The van der Waals surface area contributed by atoms with Crippen molar-refractivity contribution in [3.63, 3.8) is 0 Å². The number of ether oxygens (including phenoxy) is 1. The van der Waals surface area contributed by atoms with Gasteiger partial charge in [0.1, 0.15) is 0 Å². The summed E-state index contributed by atoms with van der Waals surface area (Å²) in [7, 11) is 0. The fraction of sp³-hybridized carbons (Fsp3) is 0.526. The van der Waals surface area contributed by atoms with Gasteiger partial charge in [0.25, 0.3) is 5.91 Å². The summed E-state index contributed by atoms with van der Waals surface area (Å²) in [4.78, 5) is 31.7. The Bertz CT molecular complexity index is 853. The number of hydrogen-bond donors (Lipinski definition) is 1. The van der Waals surface area contributed by atoms with E-state index in [0.717, 1.165) is 38.2 Å².